The minimum Gasteiger partial charge on any atom is -0.475 e. The van der Waals surface area contributed by atoms with Gasteiger partial charge in [0.25, 0.3) is 0 Å². The van der Waals surface area contributed by atoms with Gasteiger partial charge < -0.3 is 9.52 Å². The van der Waals surface area contributed by atoms with E-state index in [4.69, 9.17) is 9.52 Å². The van der Waals surface area contributed by atoms with Crippen LogP contribution in [0.3, 0.4) is 0 Å². The molecule has 0 aliphatic heterocycles. The Labute approximate surface area is 116 Å². The van der Waals surface area contributed by atoms with Crippen LogP contribution in [0.1, 0.15) is 29.7 Å². The average Bonchev–Trinajstić information content (AvgIpc) is 2.69. The molecule has 0 radical (unpaired) electrons. The first-order valence-electron chi connectivity index (χ1n) is 5.63. The first kappa shape index (κ1) is 16.1. The van der Waals surface area contributed by atoms with Crippen molar-refractivity contribution in [2.75, 3.05) is 12.0 Å². The standard InChI is InChI=1S/C11H17NO5S2/c1-7(4-5-18-3)12-19(15,16)10-6-9(11(13)14)17-8(10)2/h6-7,12H,4-5H2,1-3H3,(H,13,14). The zero-order valence-electron chi connectivity index (χ0n) is 11.0. The van der Waals surface area contributed by atoms with Crippen LogP contribution in [0, 0.1) is 6.92 Å². The highest BCUT2D eigenvalue weighted by molar-refractivity contribution is 7.98. The van der Waals surface area contributed by atoms with E-state index in [1.807, 2.05) is 6.26 Å². The lowest BCUT2D eigenvalue weighted by Crippen LogP contribution is -2.33. The molecule has 0 amide bonds. The fraction of sp³-hybridized carbons (Fsp3) is 0.545. The molecule has 0 aliphatic carbocycles. The van der Waals surface area contributed by atoms with Gasteiger partial charge in [-0.3, -0.25) is 0 Å². The van der Waals surface area contributed by atoms with E-state index in [0.29, 0.717) is 6.42 Å². The number of carboxylic acid groups (broad SMARTS) is 1. The van der Waals surface area contributed by atoms with Crippen molar-refractivity contribution in [1.29, 1.82) is 0 Å². The summed E-state index contributed by atoms with van der Waals surface area (Å²) in [5.74, 6) is -0.759. The molecule has 1 aromatic heterocycles. The van der Waals surface area contributed by atoms with Crippen LogP contribution in [0.2, 0.25) is 0 Å². The Hall–Kier alpha value is -0.990. The van der Waals surface area contributed by atoms with Gasteiger partial charge in [-0.25, -0.2) is 17.9 Å². The van der Waals surface area contributed by atoms with Crippen LogP contribution in [0.15, 0.2) is 15.4 Å². The highest BCUT2D eigenvalue weighted by Crippen LogP contribution is 2.20. The second-order valence-corrected chi connectivity index (χ2v) is 6.81. The van der Waals surface area contributed by atoms with E-state index in [1.165, 1.54) is 6.92 Å². The first-order chi connectivity index (χ1) is 8.77. The van der Waals surface area contributed by atoms with Crippen LogP contribution in [-0.2, 0) is 10.0 Å². The zero-order chi connectivity index (χ0) is 14.6. The number of furan rings is 1. The molecule has 1 heterocycles. The Bertz CT molecular complexity index is 549. The Morgan fingerprint density at radius 3 is 2.68 bits per heavy atom. The number of thioether (sulfide) groups is 1. The van der Waals surface area contributed by atoms with E-state index in [0.717, 1.165) is 11.8 Å². The van der Waals surface area contributed by atoms with E-state index < -0.39 is 16.0 Å². The van der Waals surface area contributed by atoms with E-state index in [9.17, 15) is 13.2 Å². The Balaban J connectivity index is 2.91. The molecule has 0 spiro atoms. The fourth-order valence-corrected chi connectivity index (χ4v) is 3.57. The van der Waals surface area contributed by atoms with E-state index in [1.54, 1.807) is 18.7 Å². The number of rotatable bonds is 7. The number of carboxylic acids is 1. The topological polar surface area (TPSA) is 96.6 Å². The minimum absolute atomic E-state index is 0.0713. The van der Waals surface area contributed by atoms with Crippen molar-refractivity contribution >= 4 is 27.8 Å². The second kappa shape index (κ2) is 6.44. The minimum atomic E-state index is -3.75. The molecule has 1 unspecified atom stereocenters. The molecule has 0 saturated carbocycles. The summed E-state index contributed by atoms with van der Waals surface area (Å²) in [4.78, 5) is 10.6. The van der Waals surface area contributed by atoms with Crippen LogP contribution in [0.4, 0.5) is 0 Å². The van der Waals surface area contributed by atoms with E-state index in [-0.39, 0.29) is 22.5 Å². The van der Waals surface area contributed by atoms with Gasteiger partial charge in [0.15, 0.2) is 0 Å². The van der Waals surface area contributed by atoms with Gasteiger partial charge in [-0.2, -0.15) is 11.8 Å². The summed E-state index contributed by atoms with van der Waals surface area (Å²) >= 11 is 1.63. The monoisotopic (exact) mass is 307 g/mol. The smallest absolute Gasteiger partial charge is 0.371 e. The predicted molar refractivity (Wildman–Crippen MR) is 73.2 cm³/mol. The van der Waals surface area contributed by atoms with Gasteiger partial charge in [-0.05, 0) is 32.3 Å². The molecule has 0 saturated heterocycles. The largest absolute Gasteiger partial charge is 0.475 e. The van der Waals surface area contributed by atoms with Crippen LogP contribution in [0.5, 0.6) is 0 Å². The highest BCUT2D eigenvalue weighted by Gasteiger charge is 2.25. The van der Waals surface area contributed by atoms with E-state index >= 15 is 0 Å². The Morgan fingerprint density at radius 1 is 1.58 bits per heavy atom. The molecule has 1 aromatic rings. The number of hydrogen-bond acceptors (Lipinski definition) is 5. The lowest BCUT2D eigenvalue weighted by molar-refractivity contribution is 0.0661. The molecule has 8 heteroatoms. The molecule has 6 nitrogen and oxygen atoms in total. The molecule has 1 rings (SSSR count). The van der Waals surface area contributed by atoms with Crippen molar-refractivity contribution < 1.29 is 22.7 Å². The summed E-state index contributed by atoms with van der Waals surface area (Å²) in [6.45, 7) is 3.19. The number of aryl methyl sites for hydroxylation is 1. The number of sulfonamides is 1. The lowest BCUT2D eigenvalue weighted by Gasteiger charge is -2.12. The average molecular weight is 307 g/mol. The summed E-state index contributed by atoms with van der Waals surface area (Å²) in [5, 5.41) is 8.77. The molecule has 2 N–H and O–H groups in total. The molecular formula is C11H17NO5S2. The summed E-state index contributed by atoms with van der Waals surface area (Å²) in [6.07, 6.45) is 2.64. The van der Waals surface area contributed by atoms with Gasteiger partial charge in [0.1, 0.15) is 10.7 Å². The third kappa shape index (κ3) is 4.26. The summed E-state index contributed by atoms with van der Waals surface area (Å²) in [7, 11) is -3.75. The van der Waals surface area contributed by atoms with Gasteiger partial charge in [-0.15, -0.1) is 0 Å². The molecule has 108 valence electrons. The Kier molecular flexibility index (Phi) is 5.45. The molecule has 1 atom stereocenters. The maximum absolute atomic E-state index is 12.1. The van der Waals surface area contributed by atoms with Crippen molar-refractivity contribution in [3.05, 3.63) is 17.6 Å². The Morgan fingerprint density at radius 2 is 2.21 bits per heavy atom. The van der Waals surface area contributed by atoms with Gasteiger partial charge >= 0.3 is 5.97 Å². The van der Waals surface area contributed by atoms with Gasteiger partial charge in [0.2, 0.25) is 15.8 Å². The second-order valence-electron chi connectivity index (χ2n) is 4.14. The first-order valence-corrected chi connectivity index (χ1v) is 8.50. The van der Waals surface area contributed by atoms with Crippen molar-refractivity contribution in [3.63, 3.8) is 0 Å². The van der Waals surface area contributed by atoms with Crippen molar-refractivity contribution in [1.82, 2.24) is 4.72 Å². The quantitative estimate of drug-likeness (QED) is 0.796. The molecule has 0 aromatic carbocycles. The third-order valence-electron chi connectivity index (χ3n) is 2.48. The lowest BCUT2D eigenvalue weighted by atomic mass is 10.3. The van der Waals surface area contributed by atoms with Gasteiger partial charge in [0.05, 0.1) is 0 Å². The maximum Gasteiger partial charge on any atom is 0.371 e. The van der Waals surface area contributed by atoms with Crippen LogP contribution in [-0.4, -0.2) is 37.5 Å². The highest BCUT2D eigenvalue weighted by atomic mass is 32.2. The normalized spacial score (nSPS) is 13.4. The van der Waals surface area contributed by atoms with Crippen molar-refractivity contribution in [3.8, 4) is 0 Å². The van der Waals surface area contributed by atoms with Crippen molar-refractivity contribution in [2.45, 2.75) is 31.2 Å². The maximum atomic E-state index is 12.1. The molecule has 0 bridgehead atoms. The summed E-state index contributed by atoms with van der Waals surface area (Å²) < 4.78 is 31.6. The fourth-order valence-electron chi connectivity index (χ4n) is 1.52. The summed E-state index contributed by atoms with van der Waals surface area (Å²) in [5.41, 5.74) is 0. The molecule has 0 aliphatic rings. The third-order valence-corrected chi connectivity index (χ3v) is 4.82. The van der Waals surface area contributed by atoms with Gasteiger partial charge in [-0.1, -0.05) is 0 Å². The van der Waals surface area contributed by atoms with Crippen LogP contribution < -0.4 is 4.72 Å². The summed E-state index contributed by atoms with van der Waals surface area (Å²) in [6, 6.07) is 0.807. The van der Waals surface area contributed by atoms with Crippen molar-refractivity contribution in [2.24, 2.45) is 0 Å². The van der Waals surface area contributed by atoms with E-state index in [2.05, 4.69) is 4.72 Å². The zero-order valence-corrected chi connectivity index (χ0v) is 12.6. The number of nitrogens with one attached hydrogen (secondary N) is 1. The number of aromatic carboxylic acids is 1. The molecule has 19 heavy (non-hydrogen) atoms. The molecule has 0 fully saturated rings. The number of hydrogen-bond donors (Lipinski definition) is 2. The van der Waals surface area contributed by atoms with Crippen LogP contribution >= 0.6 is 11.8 Å². The van der Waals surface area contributed by atoms with Gasteiger partial charge in [0, 0.05) is 12.1 Å². The number of carbonyl (C=O) groups is 1. The van der Waals surface area contributed by atoms with Crippen LogP contribution in [0.25, 0.3) is 0 Å². The molecular weight excluding hydrogens is 290 g/mol. The SMILES string of the molecule is CSCCC(C)NS(=O)(=O)c1cc(C(=O)O)oc1C. The predicted octanol–water partition coefficient (Wildman–Crippen LogP) is 1.71.